The van der Waals surface area contributed by atoms with Crippen molar-refractivity contribution in [2.75, 3.05) is 0 Å². The second-order valence-electron chi connectivity index (χ2n) is 6.37. The number of H-pyrrole nitrogens is 1. The fourth-order valence-corrected chi connectivity index (χ4v) is 3.47. The topological polar surface area (TPSA) is 62.0 Å². The van der Waals surface area contributed by atoms with Crippen molar-refractivity contribution in [3.05, 3.63) is 87.3 Å². The van der Waals surface area contributed by atoms with E-state index in [1.165, 1.54) is 0 Å². The summed E-state index contributed by atoms with van der Waals surface area (Å²) in [5.74, 6) is 0.0492. The van der Waals surface area contributed by atoms with Gasteiger partial charge in [-0.15, -0.1) is 0 Å². The van der Waals surface area contributed by atoms with Crippen molar-refractivity contribution in [1.29, 1.82) is 0 Å². The number of pyridine rings is 1. The van der Waals surface area contributed by atoms with E-state index < -0.39 is 0 Å². The first-order valence-corrected chi connectivity index (χ1v) is 8.88. The van der Waals surface area contributed by atoms with Gasteiger partial charge in [-0.25, -0.2) is 0 Å². The summed E-state index contributed by atoms with van der Waals surface area (Å²) in [4.78, 5) is 26.5. The number of nitrogens with one attached hydrogen (secondary N) is 2. The van der Waals surface area contributed by atoms with Crippen LogP contribution in [0.2, 0.25) is 5.02 Å². The van der Waals surface area contributed by atoms with Gasteiger partial charge in [-0.1, -0.05) is 60.1 Å². The van der Waals surface area contributed by atoms with Crippen molar-refractivity contribution >= 4 is 33.9 Å². The van der Waals surface area contributed by atoms with E-state index in [9.17, 15) is 9.59 Å². The average Bonchev–Trinajstić information content (AvgIpc) is 3.07. The highest BCUT2D eigenvalue weighted by Crippen LogP contribution is 2.30. The third-order valence-electron chi connectivity index (χ3n) is 4.63. The second kappa shape index (κ2) is 6.81. The number of carbonyl (C=O) groups is 1. The van der Waals surface area contributed by atoms with Crippen LogP contribution >= 0.6 is 11.6 Å². The summed E-state index contributed by atoms with van der Waals surface area (Å²) in [5.41, 5.74) is 2.23. The molecule has 1 aromatic heterocycles. The highest BCUT2D eigenvalue weighted by molar-refractivity contribution is 6.30. The zero-order valence-corrected chi connectivity index (χ0v) is 14.7. The van der Waals surface area contributed by atoms with Crippen LogP contribution < -0.4 is 10.9 Å². The third-order valence-corrected chi connectivity index (χ3v) is 4.93. The highest BCUT2D eigenvalue weighted by Gasteiger charge is 2.21. The normalized spacial score (nSPS) is 17.5. The molecule has 0 saturated carbocycles. The van der Waals surface area contributed by atoms with Crippen LogP contribution in [0.1, 0.15) is 24.1 Å². The molecular weight excluding hydrogens is 348 g/mol. The first-order chi connectivity index (χ1) is 12.6. The van der Waals surface area contributed by atoms with E-state index in [-0.39, 0.29) is 22.5 Å². The van der Waals surface area contributed by atoms with Crippen LogP contribution in [0.3, 0.4) is 0 Å². The van der Waals surface area contributed by atoms with E-state index in [0.29, 0.717) is 12.1 Å². The third kappa shape index (κ3) is 3.16. The minimum absolute atomic E-state index is 0.0492. The molecule has 4 nitrogen and oxygen atoms in total. The van der Waals surface area contributed by atoms with Crippen LogP contribution in [-0.4, -0.2) is 16.9 Å². The fraction of sp³-hybridized carbons (Fsp3) is 0.143. The zero-order chi connectivity index (χ0) is 18.1. The van der Waals surface area contributed by atoms with Crippen molar-refractivity contribution in [3.63, 3.8) is 0 Å². The molecular formula is C21H17ClN2O2. The molecule has 0 unspecified atom stereocenters. The van der Waals surface area contributed by atoms with Gasteiger partial charge < -0.3 is 10.3 Å². The minimum Gasteiger partial charge on any atom is -0.350 e. The summed E-state index contributed by atoms with van der Waals surface area (Å²) >= 11 is 5.90. The van der Waals surface area contributed by atoms with Crippen LogP contribution in [0.25, 0.3) is 16.3 Å². The van der Waals surface area contributed by atoms with Crippen LogP contribution in [0, 0.1) is 0 Å². The van der Waals surface area contributed by atoms with Crippen LogP contribution in [0.4, 0.5) is 0 Å². The Bertz CT molecular complexity index is 1080. The van der Waals surface area contributed by atoms with Gasteiger partial charge >= 0.3 is 0 Å². The van der Waals surface area contributed by atoms with Crippen molar-refractivity contribution in [2.45, 2.75) is 18.9 Å². The van der Waals surface area contributed by atoms with E-state index in [0.717, 1.165) is 28.3 Å². The van der Waals surface area contributed by atoms with Crippen LogP contribution in [0.15, 0.2) is 65.5 Å². The second-order valence-corrected chi connectivity index (χ2v) is 6.78. The molecule has 1 fully saturated rings. The van der Waals surface area contributed by atoms with Gasteiger partial charge in [-0.2, -0.15) is 0 Å². The Hall–Kier alpha value is -2.85. The molecule has 3 aromatic rings. The summed E-state index contributed by atoms with van der Waals surface area (Å²) in [6.45, 7) is 0. The largest absolute Gasteiger partial charge is 0.350 e. The van der Waals surface area contributed by atoms with Gasteiger partial charge in [0.1, 0.15) is 5.02 Å². The SMILES string of the molecule is O=C1CC[C@H](/C=C(\c2ccc(Cl)c(=O)[nH]2)c2cccc3ccccc23)N1. The summed E-state index contributed by atoms with van der Waals surface area (Å²) < 4.78 is 0. The lowest BCUT2D eigenvalue weighted by atomic mass is 9.94. The van der Waals surface area contributed by atoms with Crippen molar-refractivity contribution in [3.8, 4) is 0 Å². The van der Waals surface area contributed by atoms with Gasteiger partial charge in [-0.3, -0.25) is 9.59 Å². The molecule has 0 aliphatic carbocycles. The summed E-state index contributed by atoms with van der Waals surface area (Å²) in [6.07, 6.45) is 3.28. The molecule has 1 atom stereocenters. The first-order valence-electron chi connectivity index (χ1n) is 8.50. The van der Waals surface area contributed by atoms with Crippen LogP contribution in [0.5, 0.6) is 0 Å². The standard InChI is InChI=1S/C21H17ClN2O2/c22-18-9-10-19(24-21(18)26)17(12-14-8-11-20(25)23-14)16-7-3-5-13-4-1-2-6-15(13)16/h1-7,9-10,12,14H,8,11H2,(H,23,25)(H,24,26)/b17-12-/t14-/m1/s1. The molecule has 1 aliphatic heterocycles. The van der Waals surface area contributed by atoms with Gasteiger partial charge in [0.15, 0.2) is 0 Å². The number of halogens is 1. The number of carbonyl (C=O) groups excluding carboxylic acids is 1. The van der Waals surface area contributed by atoms with Crippen LogP contribution in [-0.2, 0) is 4.79 Å². The number of fused-ring (bicyclic) bond motifs is 1. The molecule has 1 amide bonds. The maximum atomic E-state index is 12.0. The van der Waals surface area contributed by atoms with E-state index in [1.54, 1.807) is 12.1 Å². The Labute approximate surface area is 155 Å². The highest BCUT2D eigenvalue weighted by atomic mass is 35.5. The summed E-state index contributed by atoms with van der Waals surface area (Å²) in [5, 5.41) is 5.32. The number of rotatable bonds is 3. The Morgan fingerprint density at radius 2 is 1.85 bits per heavy atom. The molecule has 26 heavy (non-hydrogen) atoms. The maximum absolute atomic E-state index is 12.0. The molecule has 5 heteroatoms. The van der Waals surface area contributed by atoms with Gasteiger partial charge in [-0.05, 0) is 34.9 Å². The van der Waals surface area contributed by atoms with E-state index in [4.69, 9.17) is 11.6 Å². The average molecular weight is 365 g/mol. The monoisotopic (exact) mass is 364 g/mol. The molecule has 0 radical (unpaired) electrons. The summed E-state index contributed by atoms with van der Waals surface area (Å²) in [6, 6.07) is 17.5. The number of hydrogen-bond donors (Lipinski definition) is 2. The van der Waals surface area contributed by atoms with E-state index in [1.807, 2.05) is 30.3 Å². The number of aromatic amines is 1. The molecule has 2 heterocycles. The molecule has 2 N–H and O–H groups in total. The zero-order valence-electron chi connectivity index (χ0n) is 14.0. The van der Waals surface area contributed by atoms with Crippen molar-refractivity contribution in [2.24, 2.45) is 0 Å². The quantitative estimate of drug-likeness (QED) is 0.740. The molecule has 0 spiro atoms. The minimum atomic E-state index is -0.328. The van der Waals surface area contributed by atoms with Gasteiger partial charge in [0.25, 0.3) is 5.56 Å². The Morgan fingerprint density at radius 3 is 2.62 bits per heavy atom. The number of aromatic nitrogens is 1. The predicted molar refractivity (Wildman–Crippen MR) is 104 cm³/mol. The van der Waals surface area contributed by atoms with Crippen molar-refractivity contribution in [1.82, 2.24) is 10.3 Å². The van der Waals surface area contributed by atoms with E-state index >= 15 is 0 Å². The first kappa shape index (κ1) is 16.6. The number of hydrogen-bond acceptors (Lipinski definition) is 2. The number of benzene rings is 2. The molecule has 4 rings (SSSR count). The van der Waals surface area contributed by atoms with Gasteiger partial charge in [0.2, 0.25) is 5.91 Å². The van der Waals surface area contributed by atoms with Gasteiger partial charge in [0, 0.05) is 23.7 Å². The molecule has 0 bridgehead atoms. The molecule has 1 aliphatic rings. The molecule has 1 saturated heterocycles. The number of amides is 1. The Kier molecular flexibility index (Phi) is 4.35. The molecule has 130 valence electrons. The summed E-state index contributed by atoms with van der Waals surface area (Å²) in [7, 11) is 0. The lowest BCUT2D eigenvalue weighted by Gasteiger charge is -2.14. The van der Waals surface area contributed by atoms with E-state index in [2.05, 4.69) is 28.5 Å². The Balaban J connectivity index is 1.92. The fourth-order valence-electron chi connectivity index (χ4n) is 3.36. The maximum Gasteiger partial charge on any atom is 0.267 e. The smallest absolute Gasteiger partial charge is 0.267 e. The molecule has 2 aromatic carbocycles. The predicted octanol–water partition coefficient (Wildman–Crippen LogP) is 3.89. The lowest BCUT2D eigenvalue weighted by Crippen LogP contribution is -2.23. The van der Waals surface area contributed by atoms with Crippen molar-refractivity contribution < 1.29 is 4.79 Å². The Morgan fingerprint density at radius 1 is 1.04 bits per heavy atom. The van der Waals surface area contributed by atoms with Gasteiger partial charge in [0.05, 0.1) is 0 Å². The lowest BCUT2D eigenvalue weighted by molar-refractivity contribution is -0.119.